The molecule has 0 saturated heterocycles. The van der Waals surface area contributed by atoms with Gasteiger partial charge < -0.3 is 9.26 Å². The molecule has 0 atom stereocenters. The van der Waals surface area contributed by atoms with Crippen LogP contribution in [0.5, 0.6) is 5.75 Å². The predicted molar refractivity (Wildman–Crippen MR) is 86.3 cm³/mol. The normalized spacial score (nSPS) is 9.82. The lowest BCUT2D eigenvalue weighted by Crippen LogP contribution is -1.84. The Balaban J connectivity index is 0.000000847. The second kappa shape index (κ2) is 7.77. The van der Waals surface area contributed by atoms with E-state index in [2.05, 4.69) is 26.7 Å². The Labute approximate surface area is 137 Å². The number of pyridine rings is 1. The molecule has 0 aliphatic carbocycles. The van der Waals surface area contributed by atoms with Crippen molar-refractivity contribution in [3.63, 3.8) is 0 Å². The van der Waals surface area contributed by atoms with Gasteiger partial charge in [-0.15, -0.1) is 11.6 Å². The lowest BCUT2D eigenvalue weighted by Gasteiger charge is -1.98. The largest absolute Gasteiger partial charge is 0.497 e. The zero-order chi connectivity index (χ0) is 15.9. The molecule has 0 fully saturated rings. The zero-order valence-electron chi connectivity index (χ0n) is 12.0. The summed E-state index contributed by atoms with van der Waals surface area (Å²) in [5, 5.41) is 4.34. The first kappa shape index (κ1) is 16.3. The van der Waals surface area contributed by atoms with Gasteiger partial charge in [-0.1, -0.05) is 16.8 Å². The highest BCUT2D eigenvalue weighted by atomic mass is 35.5. The van der Waals surface area contributed by atoms with Gasteiger partial charge in [0, 0.05) is 23.7 Å². The lowest BCUT2D eigenvalue weighted by molar-refractivity contribution is 0.415. The highest BCUT2D eigenvalue weighted by Crippen LogP contribution is 2.24. The minimum Gasteiger partial charge on any atom is -0.497 e. The molecule has 5 nitrogen and oxygen atoms in total. The Bertz CT molecular complexity index is 730. The van der Waals surface area contributed by atoms with Gasteiger partial charge in [0.05, 0.1) is 7.11 Å². The highest BCUT2D eigenvalue weighted by Gasteiger charge is 2.11. The van der Waals surface area contributed by atoms with E-state index in [4.69, 9.17) is 20.9 Å². The smallest absolute Gasteiger partial charge is 0.258 e. The summed E-state index contributed by atoms with van der Waals surface area (Å²) in [6, 6.07) is 10.9. The molecule has 0 unspecified atom stereocenters. The average Bonchev–Trinajstić information content (AvgIpc) is 3.07. The predicted octanol–water partition coefficient (Wildman–Crippen LogP) is 4.32. The van der Waals surface area contributed by atoms with Gasteiger partial charge in [-0.25, -0.2) is 4.98 Å². The van der Waals surface area contributed by atoms with E-state index >= 15 is 0 Å². The molecular weight excluding hydrogens is 325 g/mol. The number of alkyl halides is 1. The van der Waals surface area contributed by atoms with Crippen molar-refractivity contribution < 1.29 is 9.26 Å². The molecular formula is C15H13Cl2N3O2. The number of ether oxygens (including phenoxy) is 1. The molecule has 0 amide bonds. The summed E-state index contributed by atoms with van der Waals surface area (Å²) in [6.07, 6.45) is 3.06. The van der Waals surface area contributed by atoms with Crippen LogP contribution in [-0.4, -0.2) is 28.6 Å². The molecule has 0 bridgehead atoms. The van der Waals surface area contributed by atoms with Crippen molar-refractivity contribution in [3.8, 4) is 28.6 Å². The quantitative estimate of drug-likeness (QED) is 0.526. The van der Waals surface area contributed by atoms with Crippen LogP contribution in [0.1, 0.15) is 0 Å². The van der Waals surface area contributed by atoms with Crippen LogP contribution in [0.3, 0.4) is 0 Å². The molecule has 1 aromatic carbocycles. The Morgan fingerprint density at radius 1 is 1.05 bits per heavy atom. The molecule has 0 saturated carbocycles. The third-order valence-electron chi connectivity index (χ3n) is 2.75. The maximum absolute atomic E-state index is 5.84. The van der Waals surface area contributed by atoms with Crippen LogP contribution in [0.25, 0.3) is 22.8 Å². The molecule has 0 radical (unpaired) electrons. The number of aromatic nitrogens is 3. The van der Waals surface area contributed by atoms with Gasteiger partial charge in [0.15, 0.2) is 0 Å². The van der Waals surface area contributed by atoms with Crippen LogP contribution in [0.4, 0.5) is 0 Å². The molecule has 2 aromatic heterocycles. The van der Waals surface area contributed by atoms with Crippen molar-refractivity contribution in [1.29, 1.82) is 0 Å². The zero-order valence-corrected chi connectivity index (χ0v) is 13.5. The number of rotatable bonds is 3. The van der Waals surface area contributed by atoms with E-state index in [0.717, 1.165) is 16.9 Å². The second-order valence-electron chi connectivity index (χ2n) is 4.02. The molecule has 114 valence electrons. The maximum Gasteiger partial charge on any atom is 0.258 e. The Morgan fingerprint density at radius 3 is 2.41 bits per heavy atom. The van der Waals surface area contributed by atoms with E-state index in [9.17, 15) is 0 Å². The fraction of sp³-hybridized carbons (Fsp3) is 0.133. The minimum atomic E-state index is 0.381. The van der Waals surface area contributed by atoms with E-state index in [1.165, 1.54) is 6.38 Å². The van der Waals surface area contributed by atoms with Crippen molar-refractivity contribution in [3.05, 3.63) is 47.7 Å². The Kier molecular flexibility index (Phi) is 5.75. The van der Waals surface area contributed by atoms with Gasteiger partial charge in [0.2, 0.25) is 5.82 Å². The first-order valence-electron chi connectivity index (χ1n) is 6.24. The van der Waals surface area contributed by atoms with Crippen molar-refractivity contribution >= 4 is 23.2 Å². The number of hydrogen-bond donors (Lipinski definition) is 0. The van der Waals surface area contributed by atoms with E-state index in [-0.39, 0.29) is 0 Å². The van der Waals surface area contributed by atoms with E-state index < -0.39 is 0 Å². The molecule has 2 heterocycles. The van der Waals surface area contributed by atoms with E-state index in [1.54, 1.807) is 25.4 Å². The minimum absolute atomic E-state index is 0.381. The summed E-state index contributed by atoms with van der Waals surface area (Å²) in [5.41, 5.74) is 1.58. The average molecular weight is 338 g/mol. The van der Waals surface area contributed by atoms with Crippen molar-refractivity contribution in [2.75, 3.05) is 13.5 Å². The van der Waals surface area contributed by atoms with Crippen molar-refractivity contribution in [2.45, 2.75) is 0 Å². The molecule has 0 spiro atoms. The van der Waals surface area contributed by atoms with Crippen LogP contribution in [0, 0.1) is 0 Å². The standard InChI is InChI=1S/C14H10ClN3O2.CH3Cl/c1-19-11-4-2-9(3-5-11)13-17-14(20-18-13)10-6-7-16-12(15)8-10;1-2/h2-8H,1H3;1H3. The Hall–Kier alpha value is -2.11. The van der Waals surface area contributed by atoms with Crippen molar-refractivity contribution in [2.24, 2.45) is 0 Å². The van der Waals surface area contributed by atoms with Gasteiger partial charge in [-0.05, 0) is 36.4 Å². The number of benzene rings is 1. The number of nitrogens with zero attached hydrogens (tertiary/aromatic N) is 3. The second-order valence-corrected chi connectivity index (χ2v) is 4.41. The summed E-state index contributed by atoms with van der Waals surface area (Å²) in [7, 11) is 1.62. The molecule has 7 heteroatoms. The summed E-state index contributed by atoms with van der Waals surface area (Å²) in [6.45, 7) is 0. The number of halogens is 2. The summed E-state index contributed by atoms with van der Waals surface area (Å²) in [5.74, 6) is 1.69. The molecule has 0 aliphatic heterocycles. The summed E-state index contributed by atoms with van der Waals surface area (Å²) >= 11 is 10.5. The first-order chi connectivity index (χ1) is 10.8. The summed E-state index contributed by atoms with van der Waals surface area (Å²) in [4.78, 5) is 8.25. The van der Waals surface area contributed by atoms with E-state index in [0.29, 0.717) is 16.9 Å². The fourth-order valence-electron chi connectivity index (χ4n) is 1.73. The van der Waals surface area contributed by atoms with Crippen LogP contribution in [-0.2, 0) is 0 Å². The monoisotopic (exact) mass is 337 g/mol. The van der Waals surface area contributed by atoms with Gasteiger partial charge in [0.1, 0.15) is 10.9 Å². The van der Waals surface area contributed by atoms with E-state index in [1.807, 2.05) is 24.3 Å². The van der Waals surface area contributed by atoms with Crippen LogP contribution in [0.15, 0.2) is 47.1 Å². The molecule has 0 N–H and O–H groups in total. The lowest BCUT2D eigenvalue weighted by atomic mass is 10.2. The maximum atomic E-state index is 5.84. The molecule has 22 heavy (non-hydrogen) atoms. The van der Waals surface area contributed by atoms with Gasteiger partial charge in [-0.2, -0.15) is 4.98 Å². The molecule has 3 aromatic rings. The topological polar surface area (TPSA) is 61.0 Å². The van der Waals surface area contributed by atoms with Crippen LogP contribution in [0.2, 0.25) is 5.15 Å². The third-order valence-corrected chi connectivity index (χ3v) is 2.95. The number of methoxy groups -OCH3 is 1. The van der Waals surface area contributed by atoms with Crippen LogP contribution < -0.4 is 4.74 Å². The molecule has 3 rings (SSSR count). The van der Waals surface area contributed by atoms with Crippen molar-refractivity contribution in [1.82, 2.24) is 15.1 Å². The molecule has 0 aliphatic rings. The Morgan fingerprint density at radius 2 is 1.77 bits per heavy atom. The van der Waals surface area contributed by atoms with Gasteiger partial charge >= 0.3 is 0 Å². The SMILES string of the molecule is CCl.COc1ccc(-c2noc(-c3ccnc(Cl)c3)n2)cc1. The highest BCUT2D eigenvalue weighted by molar-refractivity contribution is 6.29. The third kappa shape index (κ3) is 3.75. The summed E-state index contributed by atoms with van der Waals surface area (Å²) < 4.78 is 10.3. The number of hydrogen-bond acceptors (Lipinski definition) is 5. The van der Waals surface area contributed by atoms with Gasteiger partial charge in [-0.3, -0.25) is 0 Å². The first-order valence-corrected chi connectivity index (χ1v) is 7.37. The fourth-order valence-corrected chi connectivity index (χ4v) is 1.91. The van der Waals surface area contributed by atoms with Gasteiger partial charge in [0.25, 0.3) is 5.89 Å². The van der Waals surface area contributed by atoms with Crippen LogP contribution >= 0.6 is 23.2 Å².